The highest BCUT2D eigenvalue weighted by Crippen LogP contribution is 2.35. The summed E-state index contributed by atoms with van der Waals surface area (Å²) in [5.41, 5.74) is 0.534. The maximum absolute atomic E-state index is 13.0. The van der Waals surface area contributed by atoms with E-state index in [1.807, 2.05) is 0 Å². The number of para-hydroxylation sites is 1. The Labute approximate surface area is 139 Å². The molecule has 118 valence electrons. The first-order chi connectivity index (χ1) is 10.9. The molecule has 0 fully saturated rings. The van der Waals surface area contributed by atoms with Crippen molar-refractivity contribution in [2.75, 3.05) is 5.32 Å². The van der Waals surface area contributed by atoms with Gasteiger partial charge in [0.25, 0.3) is 0 Å². The van der Waals surface area contributed by atoms with Crippen molar-refractivity contribution < 1.29 is 13.2 Å². The van der Waals surface area contributed by atoms with Crippen molar-refractivity contribution in [1.29, 1.82) is 0 Å². The molecule has 0 unspecified atom stereocenters. The normalized spacial score (nSPS) is 11.7. The average molecular weight is 358 g/mol. The fourth-order valence-electron chi connectivity index (χ4n) is 2.03. The molecule has 0 bridgehead atoms. The van der Waals surface area contributed by atoms with Crippen LogP contribution in [-0.2, 0) is 6.18 Å². The van der Waals surface area contributed by atoms with Gasteiger partial charge in [-0.2, -0.15) is 13.2 Å². The molecular weight excluding hydrogens is 350 g/mol. The van der Waals surface area contributed by atoms with Crippen LogP contribution in [0.5, 0.6) is 0 Å². The molecule has 1 heterocycles. The summed E-state index contributed by atoms with van der Waals surface area (Å²) in [6, 6.07) is 11.2. The van der Waals surface area contributed by atoms with Gasteiger partial charge in [-0.05, 0) is 24.3 Å². The quantitative estimate of drug-likeness (QED) is 0.639. The van der Waals surface area contributed by atoms with Crippen LogP contribution in [0.2, 0.25) is 10.0 Å². The summed E-state index contributed by atoms with van der Waals surface area (Å²) in [6.45, 7) is 0. The molecule has 0 radical (unpaired) electrons. The summed E-state index contributed by atoms with van der Waals surface area (Å²) < 4.78 is 38.9. The van der Waals surface area contributed by atoms with E-state index in [2.05, 4.69) is 15.3 Å². The highest BCUT2D eigenvalue weighted by molar-refractivity contribution is 6.43. The third-order valence-corrected chi connectivity index (χ3v) is 3.88. The van der Waals surface area contributed by atoms with E-state index >= 15 is 0 Å². The van der Waals surface area contributed by atoms with Gasteiger partial charge < -0.3 is 5.32 Å². The molecule has 0 saturated heterocycles. The second-order valence-corrected chi connectivity index (χ2v) is 5.42. The molecule has 0 aliphatic rings. The number of alkyl halides is 3. The molecule has 3 rings (SSSR count). The van der Waals surface area contributed by atoms with Crippen LogP contribution in [0.15, 0.2) is 42.5 Å². The molecule has 23 heavy (non-hydrogen) atoms. The zero-order chi connectivity index (χ0) is 16.6. The number of hydrogen-bond donors (Lipinski definition) is 1. The number of nitrogens with one attached hydrogen (secondary N) is 1. The highest BCUT2D eigenvalue weighted by Gasteiger charge is 2.35. The number of rotatable bonds is 2. The van der Waals surface area contributed by atoms with Crippen molar-refractivity contribution in [2.45, 2.75) is 6.18 Å². The zero-order valence-corrected chi connectivity index (χ0v) is 12.8. The van der Waals surface area contributed by atoms with Crippen LogP contribution in [0, 0.1) is 0 Å². The first-order valence-corrected chi connectivity index (χ1v) is 7.17. The number of nitrogens with zero attached hydrogens (tertiary/aromatic N) is 2. The summed E-state index contributed by atoms with van der Waals surface area (Å²) in [5.74, 6) is -1.22. The van der Waals surface area contributed by atoms with Crippen molar-refractivity contribution in [2.24, 2.45) is 0 Å². The van der Waals surface area contributed by atoms with Crippen LogP contribution in [0.25, 0.3) is 10.9 Å². The Hall–Kier alpha value is -2.05. The molecule has 1 aromatic heterocycles. The van der Waals surface area contributed by atoms with Gasteiger partial charge in [-0.1, -0.05) is 41.4 Å². The van der Waals surface area contributed by atoms with Crippen molar-refractivity contribution in [1.82, 2.24) is 9.97 Å². The Morgan fingerprint density at radius 1 is 0.913 bits per heavy atom. The summed E-state index contributed by atoms with van der Waals surface area (Å²) >= 11 is 12.0. The van der Waals surface area contributed by atoms with E-state index in [-0.39, 0.29) is 21.4 Å². The first-order valence-electron chi connectivity index (χ1n) is 6.41. The van der Waals surface area contributed by atoms with Gasteiger partial charge in [0.05, 0.1) is 21.2 Å². The van der Waals surface area contributed by atoms with Gasteiger partial charge in [0.15, 0.2) is 0 Å². The second-order valence-electron chi connectivity index (χ2n) is 4.64. The Morgan fingerprint density at radius 3 is 2.39 bits per heavy atom. The van der Waals surface area contributed by atoms with Gasteiger partial charge in [-0.3, -0.25) is 0 Å². The van der Waals surface area contributed by atoms with Gasteiger partial charge >= 0.3 is 6.18 Å². The summed E-state index contributed by atoms with van der Waals surface area (Å²) in [6.07, 6.45) is -4.65. The maximum atomic E-state index is 13.0. The molecule has 1 N–H and O–H groups in total. The number of hydrogen-bond acceptors (Lipinski definition) is 3. The van der Waals surface area contributed by atoms with E-state index in [9.17, 15) is 13.2 Å². The van der Waals surface area contributed by atoms with Crippen LogP contribution >= 0.6 is 23.2 Å². The van der Waals surface area contributed by atoms with Crippen LogP contribution in [0.1, 0.15) is 5.82 Å². The van der Waals surface area contributed by atoms with Crippen LogP contribution in [0.4, 0.5) is 24.7 Å². The Balaban J connectivity index is 2.17. The SMILES string of the molecule is FC(F)(F)c1nc(Nc2cccc(Cl)c2Cl)c2ccccc2n1. The minimum absolute atomic E-state index is 0.00657. The number of aromatic nitrogens is 2. The summed E-state index contributed by atoms with van der Waals surface area (Å²) in [7, 11) is 0. The van der Waals surface area contributed by atoms with Crippen molar-refractivity contribution >= 4 is 45.6 Å². The third kappa shape index (κ3) is 3.18. The molecule has 0 aliphatic carbocycles. The topological polar surface area (TPSA) is 37.8 Å². The molecule has 0 amide bonds. The Morgan fingerprint density at radius 2 is 1.65 bits per heavy atom. The fourth-order valence-corrected chi connectivity index (χ4v) is 2.37. The van der Waals surface area contributed by atoms with Gasteiger partial charge in [0.1, 0.15) is 5.82 Å². The Bertz CT molecular complexity index is 881. The van der Waals surface area contributed by atoms with E-state index in [0.29, 0.717) is 11.1 Å². The first kappa shape index (κ1) is 15.8. The highest BCUT2D eigenvalue weighted by atomic mass is 35.5. The lowest BCUT2D eigenvalue weighted by Crippen LogP contribution is -2.12. The molecule has 0 spiro atoms. The monoisotopic (exact) mass is 357 g/mol. The lowest BCUT2D eigenvalue weighted by atomic mass is 10.2. The van der Waals surface area contributed by atoms with Gasteiger partial charge in [0, 0.05) is 5.39 Å². The molecule has 0 atom stereocenters. The van der Waals surface area contributed by atoms with E-state index in [1.54, 1.807) is 36.4 Å². The lowest BCUT2D eigenvalue weighted by molar-refractivity contribution is -0.144. The second kappa shape index (κ2) is 5.86. The van der Waals surface area contributed by atoms with Crippen LogP contribution in [0.3, 0.4) is 0 Å². The summed E-state index contributed by atoms with van der Waals surface area (Å²) in [5, 5.41) is 3.73. The Kier molecular flexibility index (Phi) is 4.04. The summed E-state index contributed by atoms with van der Waals surface area (Å²) in [4.78, 5) is 7.14. The van der Waals surface area contributed by atoms with Crippen LogP contribution < -0.4 is 5.32 Å². The van der Waals surface area contributed by atoms with Gasteiger partial charge in [0.2, 0.25) is 5.82 Å². The van der Waals surface area contributed by atoms with Crippen molar-refractivity contribution in [3.63, 3.8) is 0 Å². The van der Waals surface area contributed by atoms with Crippen molar-refractivity contribution in [3.8, 4) is 0 Å². The lowest BCUT2D eigenvalue weighted by Gasteiger charge is -2.13. The molecule has 2 aromatic carbocycles. The van der Waals surface area contributed by atoms with Crippen molar-refractivity contribution in [3.05, 3.63) is 58.3 Å². The molecular formula is C15H8Cl2F3N3. The van der Waals surface area contributed by atoms with E-state index in [4.69, 9.17) is 23.2 Å². The van der Waals surface area contributed by atoms with Crippen LogP contribution in [-0.4, -0.2) is 9.97 Å². The van der Waals surface area contributed by atoms with Gasteiger partial charge in [-0.15, -0.1) is 0 Å². The minimum Gasteiger partial charge on any atom is -0.338 e. The molecule has 8 heteroatoms. The number of anilines is 2. The average Bonchev–Trinajstić information content (AvgIpc) is 2.51. The standard InChI is InChI=1S/C15H8Cl2F3N3/c16-9-5-3-7-11(12(9)17)21-13-8-4-1-2-6-10(8)22-14(23-13)15(18,19)20/h1-7H,(H,21,22,23). The van der Waals surface area contributed by atoms with E-state index in [0.717, 1.165) is 0 Å². The van der Waals surface area contributed by atoms with E-state index in [1.165, 1.54) is 6.07 Å². The van der Waals surface area contributed by atoms with Gasteiger partial charge in [-0.25, -0.2) is 9.97 Å². The van der Waals surface area contributed by atoms with E-state index < -0.39 is 12.0 Å². The number of halogens is 5. The predicted molar refractivity (Wildman–Crippen MR) is 84.3 cm³/mol. The zero-order valence-electron chi connectivity index (χ0n) is 11.3. The molecule has 3 nitrogen and oxygen atoms in total. The minimum atomic E-state index is -4.65. The number of benzene rings is 2. The molecule has 0 saturated carbocycles. The molecule has 0 aliphatic heterocycles. The molecule has 3 aromatic rings. The largest absolute Gasteiger partial charge is 0.451 e. The third-order valence-electron chi connectivity index (χ3n) is 3.06. The number of fused-ring (bicyclic) bond motifs is 1. The smallest absolute Gasteiger partial charge is 0.338 e. The predicted octanol–water partition coefficient (Wildman–Crippen LogP) is 5.70. The maximum Gasteiger partial charge on any atom is 0.451 e. The fraction of sp³-hybridized carbons (Fsp3) is 0.0667.